The fourth-order valence-corrected chi connectivity index (χ4v) is 2.09. The van der Waals surface area contributed by atoms with Crippen LogP contribution >= 0.6 is 0 Å². The maximum absolute atomic E-state index is 5.45. The molecule has 1 aromatic carbocycles. The molecule has 0 saturated carbocycles. The van der Waals surface area contributed by atoms with Crippen molar-refractivity contribution >= 4 is 0 Å². The zero-order valence-electron chi connectivity index (χ0n) is 11.9. The second kappa shape index (κ2) is 7.11. The van der Waals surface area contributed by atoms with Crippen LogP contribution in [0.4, 0.5) is 0 Å². The van der Waals surface area contributed by atoms with E-state index in [1.807, 2.05) is 19.2 Å². The number of rotatable bonds is 7. The van der Waals surface area contributed by atoms with Crippen LogP contribution in [-0.4, -0.2) is 34.9 Å². The van der Waals surface area contributed by atoms with E-state index < -0.39 is 0 Å². The summed E-state index contributed by atoms with van der Waals surface area (Å²) in [5.41, 5.74) is 1.15. The molecule has 1 aromatic rings. The molecule has 0 aromatic heterocycles. The molecule has 0 aliphatic rings. The highest BCUT2D eigenvalue weighted by Gasteiger charge is 2.18. The van der Waals surface area contributed by atoms with Crippen LogP contribution in [-0.2, 0) is 0 Å². The predicted molar refractivity (Wildman–Crippen MR) is 73.1 cm³/mol. The summed E-state index contributed by atoms with van der Waals surface area (Å²) in [5.74, 6) is 2.67. The lowest BCUT2D eigenvalue weighted by molar-refractivity contribution is 0.346. The summed E-state index contributed by atoms with van der Waals surface area (Å²) >= 11 is 0. The molecule has 4 nitrogen and oxygen atoms in total. The molecule has 0 radical (unpaired) electrons. The highest BCUT2D eigenvalue weighted by atomic mass is 16.5. The molecule has 1 rings (SSSR count). The van der Waals surface area contributed by atoms with Crippen molar-refractivity contribution in [3.8, 4) is 17.2 Å². The lowest BCUT2D eigenvalue weighted by Gasteiger charge is -2.20. The highest BCUT2D eigenvalue weighted by Crippen LogP contribution is 2.38. The molecule has 0 spiro atoms. The van der Waals surface area contributed by atoms with Crippen LogP contribution in [0, 0.1) is 0 Å². The topological polar surface area (TPSA) is 39.7 Å². The van der Waals surface area contributed by atoms with E-state index in [4.69, 9.17) is 14.2 Å². The van der Waals surface area contributed by atoms with Gasteiger partial charge in [0.25, 0.3) is 0 Å². The van der Waals surface area contributed by atoms with Gasteiger partial charge in [-0.3, -0.25) is 0 Å². The van der Waals surface area contributed by atoms with Crippen molar-refractivity contribution in [1.29, 1.82) is 0 Å². The van der Waals surface area contributed by atoms with E-state index >= 15 is 0 Å². The average Bonchev–Trinajstić information content (AvgIpc) is 2.43. The molecule has 4 heteroatoms. The summed E-state index contributed by atoms with van der Waals surface area (Å²) < 4.78 is 16.1. The van der Waals surface area contributed by atoms with Crippen LogP contribution in [0.25, 0.3) is 0 Å². The first-order chi connectivity index (χ1) is 8.71. The van der Waals surface area contributed by atoms with Crippen LogP contribution in [0.1, 0.15) is 24.8 Å². The maximum atomic E-state index is 5.45. The van der Waals surface area contributed by atoms with Crippen molar-refractivity contribution in [1.82, 2.24) is 5.32 Å². The molecule has 0 amide bonds. The lowest BCUT2D eigenvalue weighted by atomic mass is 9.95. The molecule has 0 heterocycles. The van der Waals surface area contributed by atoms with E-state index in [0.717, 1.165) is 30.0 Å². The standard InChI is InChI=1S/C14H23NO3/c1-6-10(9-15-2)11-7-13(17-4)14(18-5)8-12(11)16-3/h7-8,10,15H,6,9H2,1-5H3. The molecule has 1 atom stereocenters. The first-order valence-electron chi connectivity index (χ1n) is 6.16. The molecule has 1 N–H and O–H groups in total. The van der Waals surface area contributed by atoms with Gasteiger partial charge < -0.3 is 19.5 Å². The highest BCUT2D eigenvalue weighted by molar-refractivity contribution is 5.52. The Morgan fingerprint density at radius 3 is 2.00 bits per heavy atom. The minimum Gasteiger partial charge on any atom is -0.496 e. The normalized spacial score (nSPS) is 12.1. The number of methoxy groups -OCH3 is 3. The monoisotopic (exact) mass is 253 g/mol. The zero-order chi connectivity index (χ0) is 13.5. The smallest absolute Gasteiger partial charge is 0.164 e. The summed E-state index contributed by atoms with van der Waals surface area (Å²) in [5, 5.41) is 3.21. The molecule has 18 heavy (non-hydrogen) atoms. The lowest BCUT2D eigenvalue weighted by Crippen LogP contribution is -2.17. The van der Waals surface area contributed by atoms with E-state index in [1.165, 1.54) is 0 Å². The molecule has 0 saturated heterocycles. The third kappa shape index (κ3) is 3.07. The SMILES string of the molecule is CCC(CNC)c1cc(OC)c(OC)cc1OC. The summed E-state index contributed by atoms with van der Waals surface area (Å²) in [7, 11) is 6.90. The van der Waals surface area contributed by atoms with Crippen LogP contribution in [0.3, 0.4) is 0 Å². The van der Waals surface area contributed by atoms with Gasteiger partial charge in [-0.1, -0.05) is 6.92 Å². The van der Waals surface area contributed by atoms with Gasteiger partial charge in [0.05, 0.1) is 21.3 Å². The fraction of sp³-hybridized carbons (Fsp3) is 0.571. The van der Waals surface area contributed by atoms with Gasteiger partial charge in [-0.2, -0.15) is 0 Å². The van der Waals surface area contributed by atoms with Crippen LogP contribution in [0.5, 0.6) is 17.2 Å². The van der Waals surface area contributed by atoms with Crippen molar-refractivity contribution in [3.63, 3.8) is 0 Å². The first kappa shape index (κ1) is 14.6. The number of hydrogen-bond donors (Lipinski definition) is 1. The molecule has 0 fully saturated rings. The molecule has 1 unspecified atom stereocenters. The van der Waals surface area contributed by atoms with Gasteiger partial charge in [-0.25, -0.2) is 0 Å². The van der Waals surface area contributed by atoms with Crippen molar-refractivity contribution in [2.45, 2.75) is 19.3 Å². The quantitative estimate of drug-likeness (QED) is 0.810. The minimum absolute atomic E-state index is 0.393. The number of hydrogen-bond acceptors (Lipinski definition) is 4. The Kier molecular flexibility index (Phi) is 5.78. The number of ether oxygens (including phenoxy) is 3. The molecular formula is C14H23NO3. The van der Waals surface area contributed by atoms with E-state index in [-0.39, 0.29) is 0 Å². The number of nitrogens with one attached hydrogen (secondary N) is 1. The third-order valence-corrected chi connectivity index (χ3v) is 3.12. The van der Waals surface area contributed by atoms with Crippen molar-refractivity contribution in [2.75, 3.05) is 34.9 Å². The summed E-state index contributed by atoms with van der Waals surface area (Å²) in [4.78, 5) is 0. The van der Waals surface area contributed by atoms with Crippen molar-refractivity contribution in [3.05, 3.63) is 17.7 Å². The number of benzene rings is 1. The van der Waals surface area contributed by atoms with Gasteiger partial charge in [0.1, 0.15) is 5.75 Å². The van der Waals surface area contributed by atoms with E-state index in [0.29, 0.717) is 11.7 Å². The van der Waals surface area contributed by atoms with Crippen LogP contribution in [0.15, 0.2) is 12.1 Å². The van der Waals surface area contributed by atoms with Gasteiger partial charge in [0.2, 0.25) is 0 Å². The fourth-order valence-electron chi connectivity index (χ4n) is 2.09. The van der Waals surface area contributed by atoms with Gasteiger partial charge in [-0.05, 0) is 25.5 Å². The second-order valence-corrected chi connectivity index (χ2v) is 4.11. The Morgan fingerprint density at radius 1 is 1.00 bits per heavy atom. The Balaban J connectivity index is 3.23. The molecular weight excluding hydrogens is 230 g/mol. The first-order valence-corrected chi connectivity index (χ1v) is 6.16. The summed E-state index contributed by atoms with van der Waals surface area (Å²) in [6, 6.07) is 3.88. The van der Waals surface area contributed by atoms with Gasteiger partial charge in [-0.15, -0.1) is 0 Å². The van der Waals surface area contributed by atoms with E-state index in [2.05, 4.69) is 12.2 Å². The predicted octanol–water partition coefficient (Wildman–Crippen LogP) is 2.43. The largest absolute Gasteiger partial charge is 0.496 e. The van der Waals surface area contributed by atoms with Crippen molar-refractivity contribution < 1.29 is 14.2 Å². The Morgan fingerprint density at radius 2 is 1.56 bits per heavy atom. The van der Waals surface area contributed by atoms with E-state index in [9.17, 15) is 0 Å². The number of likely N-dealkylation sites (N-methyl/N-ethyl adjacent to an activating group) is 1. The Bertz CT molecular complexity index is 380. The average molecular weight is 253 g/mol. The van der Waals surface area contributed by atoms with Crippen molar-refractivity contribution in [2.24, 2.45) is 0 Å². The Hall–Kier alpha value is -1.42. The molecule has 102 valence electrons. The molecule has 0 aliphatic carbocycles. The van der Waals surface area contributed by atoms with Gasteiger partial charge in [0.15, 0.2) is 11.5 Å². The van der Waals surface area contributed by atoms with E-state index in [1.54, 1.807) is 21.3 Å². The molecule has 0 bridgehead atoms. The second-order valence-electron chi connectivity index (χ2n) is 4.11. The maximum Gasteiger partial charge on any atom is 0.164 e. The Labute approximate surface area is 109 Å². The van der Waals surface area contributed by atoms with Crippen LogP contribution < -0.4 is 19.5 Å². The minimum atomic E-state index is 0.393. The van der Waals surface area contributed by atoms with Gasteiger partial charge in [0, 0.05) is 18.2 Å². The molecule has 0 aliphatic heterocycles. The zero-order valence-corrected chi connectivity index (χ0v) is 11.9. The van der Waals surface area contributed by atoms with Crippen LogP contribution in [0.2, 0.25) is 0 Å². The summed E-state index contributed by atoms with van der Waals surface area (Å²) in [6.07, 6.45) is 1.03. The third-order valence-electron chi connectivity index (χ3n) is 3.12. The van der Waals surface area contributed by atoms with Gasteiger partial charge >= 0.3 is 0 Å². The summed E-state index contributed by atoms with van der Waals surface area (Å²) in [6.45, 7) is 3.07.